The Kier molecular flexibility index (Phi) is 5.48. The number of likely N-dealkylation sites (tertiary alicyclic amines) is 1. The minimum absolute atomic E-state index is 0.157. The van der Waals surface area contributed by atoms with E-state index < -0.39 is 0 Å². The van der Waals surface area contributed by atoms with Crippen LogP contribution in [-0.2, 0) is 4.74 Å². The van der Waals surface area contributed by atoms with E-state index in [1.165, 1.54) is 16.5 Å². The molecule has 0 aliphatic carbocycles. The third-order valence-corrected chi connectivity index (χ3v) is 6.97. The summed E-state index contributed by atoms with van der Waals surface area (Å²) in [7, 11) is 0. The molecule has 1 atom stereocenters. The number of aryl methyl sites for hydroxylation is 3. The largest absolute Gasteiger partial charge is 0.379 e. The molecule has 0 radical (unpaired) electrons. The first-order chi connectivity index (χ1) is 13.5. The molecule has 2 fully saturated rings. The number of amides is 1. The SMILES string of the molecule is Cc1ccc(C)c2c(C)c(C(=O)N3CCC([C@H](C)N4CCOCC4)CC3)[nH]c12. The van der Waals surface area contributed by atoms with Crippen LogP contribution in [0.25, 0.3) is 10.9 Å². The molecule has 1 aromatic heterocycles. The van der Waals surface area contributed by atoms with Crippen molar-refractivity contribution in [2.45, 2.75) is 46.6 Å². The average Bonchev–Trinajstić information content (AvgIpc) is 3.09. The molecular formula is C23H33N3O2. The van der Waals surface area contributed by atoms with E-state index in [4.69, 9.17) is 4.74 Å². The Morgan fingerprint density at radius 3 is 2.36 bits per heavy atom. The smallest absolute Gasteiger partial charge is 0.270 e. The predicted octanol–water partition coefficient (Wildman–Crippen LogP) is 3.67. The lowest BCUT2D eigenvalue weighted by Crippen LogP contribution is -2.49. The molecule has 2 aliphatic heterocycles. The summed E-state index contributed by atoms with van der Waals surface area (Å²) in [5.41, 5.74) is 5.39. The summed E-state index contributed by atoms with van der Waals surface area (Å²) in [6.45, 7) is 14.1. The maximum absolute atomic E-state index is 13.3. The van der Waals surface area contributed by atoms with E-state index in [-0.39, 0.29) is 5.91 Å². The van der Waals surface area contributed by atoms with E-state index >= 15 is 0 Å². The number of carbonyl (C=O) groups excluding carboxylic acids is 1. The number of hydrogen-bond donors (Lipinski definition) is 1. The molecule has 3 heterocycles. The Labute approximate surface area is 168 Å². The zero-order chi connectivity index (χ0) is 19.8. The van der Waals surface area contributed by atoms with Crippen LogP contribution in [0.3, 0.4) is 0 Å². The fraction of sp³-hybridized carbons (Fsp3) is 0.609. The number of nitrogens with one attached hydrogen (secondary N) is 1. The van der Waals surface area contributed by atoms with Crippen molar-refractivity contribution in [2.24, 2.45) is 5.92 Å². The summed E-state index contributed by atoms with van der Waals surface area (Å²) in [5.74, 6) is 0.820. The molecule has 1 N–H and O–H groups in total. The highest BCUT2D eigenvalue weighted by Gasteiger charge is 2.31. The van der Waals surface area contributed by atoms with Crippen molar-refractivity contribution in [3.8, 4) is 0 Å². The first-order valence-electron chi connectivity index (χ1n) is 10.7. The van der Waals surface area contributed by atoms with Gasteiger partial charge in [-0.15, -0.1) is 0 Å². The van der Waals surface area contributed by atoms with Gasteiger partial charge >= 0.3 is 0 Å². The topological polar surface area (TPSA) is 48.6 Å². The number of aromatic amines is 1. The number of carbonyl (C=O) groups is 1. The first-order valence-corrected chi connectivity index (χ1v) is 10.7. The summed E-state index contributed by atoms with van der Waals surface area (Å²) in [6, 6.07) is 4.84. The Hall–Kier alpha value is -1.85. The lowest BCUT2D eigenvalue weighted by atomic mass is 9.89. The molecule has 5 heteroatoms. The zero-order valence-electron chi connectivity index (χ0n) is 17.7. The molecule has 2 saturated heterocycles. The van der Waals surface area contributed by atoms with Gasteiger partial charge in [-0.05, 0) is 63.1 Å². The second-order valence-electron chi connectivity index (χ2n) is 8.59. The van der Waals surface area contributed by atoms with Crippen molar-refractivity contribution in [1.82, 2.24) is 14.8 Å². The number of ether oxygens (including phenoxy) is 1. The predicted molar refractivity (Wildman–Crippen MR) is 113 cm³/mol. The molecule has 0 unspecified atom stereocenters. The third-order valence-electron chi connectivity index (χ3n) is 6.97. The average molecular weight is 384 g/mol. The number of fused-ring (bicyclic) bond motifs is 1. The van der Waals surface area contributed by atoms with E-state index in [1.54, 1.807) is 0 Å². The minimum Gasteiger partial charge on any atom is -0.379 e. The van der Waals surface area contributed by atoms with Gasteiger partial charge in [-0.3, -0.25) is 9.69 Å². The molecule has 5 nitrogen and oxygen atoms in total. The fourth-order valence-electron chi connectivity index (χ4n) is 5.04. The van der Waals surface area contributed by atoms with E-state index in [9.17, 15) is 4.79 Å². The molecule has 152 valence electrons. The van der Waals surface area contributed by atoms with Crippen LogP contribution in [0, 0.1) is 26.7 Å². The van der Waals surface area contributed by atoms with Crippen LogP contribution in [0.2, 0.25) is 0 Å². The van der Waals surface area contributed by atoms with Gasteiger partial charge in [0, 0.05) is 43.1 Å². The van der Waals surface area contributed by atoms with Crippen LogP contribution in [0.4, 0.5) is 0 Å². The highest BCUT2D eigenvalue weighted by atomic mass is 16.5. The van der Waals surface area contributed by atoms with Gasteiger partial charge in [0.25, 0.3) is 5.91 Å². The lowest BCUT2D eigenvalue weighted by Gasteiger charge is -2.41. The van der Waals surface area contributed by atoms with Gasteiger partial charge in [0.05, 0.1) is 13.2 Å². The number of piperidine rings is 1. The van der Waals surface area contributed by atoms with Gasteiger partial charge in [0.15, 0.2) is 0 Å². The van der Waals surface area contributed by atoms with Crippen LogP contribution in [0.15, 0.2) is 12.1 Å². The lowest BCUT2D eigenvalue weighted by molar-refractivity contribution is -0.000984. The van der Waals surface area contributed by atoms with Crippen molar-refractivity contribution in [2.75, 3.05) is 39.4 Å². The standard InChI is InChI=1S/C23H33N3O2/c1-15-5-6-16(2)21-20(15)17(3)22(24-21)23(27)26-9-7-19(8-10-26)18(4)25-11-13-28-14-12-25/h5-6,18-19,24H,7-14H2,1-4H3/t18-/m0/s1. The van der Waals surface area contributed by atoms with Crippen LogP contribution in [0.5, 0.6) is 0 Å². The molecule has 0 spiro atoms. The monoisotopic (exact) mass is 383 g/mol. The summed E-state index contributed by atoms with van der Waals surface area (Å²) in [5, 5.41) is 1.21. The van der Waals surface area contributed by atoms with Gasteiger partial charge < -0.3 is 14.6 Å². The molecule has 0 bridgehead atoms. The van der Waals surface area contributed by atoms with E-state index in [0.29, 0.717) is 12.0 Å². The van der Waals surface area contributed by atoms with Crippen LogP contribution >= 0.6 is 0 Å². The maximum Gasteiger partial charge on any atom is 0.270 e. The molecule has 2 aliphatic rings. The van der Waals surface area contributed by atoms with Crippen molar-refractivity contribution < 1.29 is 9.53 Å². The molecule has 2 aromatic rings. The number of hydrogen-bond acceptors (Lipinski definition) is 3. The second-order valence-corrected chi connectivity index (χ2v) is 8.59. The van der Waals surface area contributed by atoms with Crippen LogP contribution < -0.4 is 0 Å². The quantitative estimate of drug-likeness (QED) is 0.880. The molecule has 1 amide bonds. The summed E-state index contributed by atoms with van der Waals surface area (Å²) in [4.78, 5) is 21.3. The van der Waals surface area contributed by atoms with E-state index in [1.807, 2.05) is 4.90 Å². The van der Waals surface area contributed by atoms with Crippen molar-refractivity contribution in [3.05, 3.63) is 34.5 Å². The number of H-pyrrole nitrogens is 1. The highest BCUT2D eigenvalue weighted by molar-refractivity contribution is 6.02. The highest BCUT2D eigenvalue weighted by Crippen LogP contribution is 2.30. The van der Waals surface area contributed by atoms with Gasteiger partial charge in [0.1, 0.15) is 5.69 Å². The van der Waals surface area contributed by atoms with Crippen molar-refractivity contribution >= 4 is 16.8 Å². The normalized spacial score (nSPS) is 20.6. The summed E-state index contributed by atoms with van der Waals surface area (Å²) in [6.07, 6.45) is 2.17. The van der Waals surface area contributed by atoms with Gasteiger partial charge in [0.2, 0.25) is 0 Å². The zero-order valence-corrected chi connectivity index (χ0v) is 17.7. The Morgan fingerprint density at radius 2 is 1.71 bits per heavy atom. The number of nitrogens with zero attached hydrogens (tertiary/aromatic N) is 2. The first kappa shape index (κ1) is 19.5. The van der Waals surface area contributed by atoms with Crippen LogP contribution in [-0.4, -0.2) is 66.1 Å². The minimum atomic E-state index is 0.157. The number of morpholine rings is 1. The molecule has 28 heavy (non-hydrogen) atoms. The van der Waals surface area contributed by atoms with Gasteiger partial charge in [-0.25, -0.2) is 0 Å². The van der Waals surface area contributed by atoms with Crippen LogP contribution in [0.1, 0.15) is 46.9 Å². The number of aromatic nitrogens is 1. The number of rotatable bonds is 3. The molecule has 1 aromatic carbocycles. The second kappa shape index (κ2) is 7.88. The Balaban J connectivity index is 1.46. The Bertz CT molecular complexity index is 858. The number of benzene rings is 1. The van der Waals surface area contributed by atoms with E-state index in [0.717, 1.165) is 69.0 Å². The van der Waals surface area contributed by atoms with Crippen molar-refractivity contribution in [1.29, 1.82) is 0 Å². The molecule has 0 saturated carbocycles. The summed E-state index contributed by atoms with van der Waals surface area (Å²) < 4.78 is 5.49. The Morgan fingerprint density at radius 1 is 1.07 bits per heavy atom. The van der Waals surface area contributed by atoms with Gasteiger partial charge in [-0.2, -0.15) is 0 Å². The fourth-order valence-corrected chi connectivity index (χ4v) is 5.04. The molecular weight excluding hydrogens is 350 g/mol. The third kappa shape index (κ3) is 3.46. The maximum atomic E-state index is 13.3. The summed E-state index contributed by atoms with van der Waals surface area (Å²) >= 11 is 0. The van der Waals surface area contributed by atoms with Gasteiger partial charge in [-0.1, -0.05) is 12.1 Å². The van der Waals surface area contributed by atoms with E-state index in [2.05, 4.69) is 49.7 Å². The molecule has 4 rings (SSSR count). The van der Waals surface area contributed by atoms with Crippen molar-refractivity contribution in [3.63, 3.8) is 0 Å².